The van der Waals surface area contributed by atoms with Crippen molar-refractivity contribution in [3.63, 3.8) is 0 Å². The maximum Gasteiger partial charge on any atom is 0.340 e. The van der Waals surface area contributed by atoms with Gasteiger partial charge in [-0.2, -0.15) is 0 Å². The van der Waals surface area contributed by atoms with E-state index < -0.39 is 48.4 Å². The van der Waals surface area contributed by atoms with Crippen molar-refractivity contribution in [2.75, 3.05) is 32.8 Å². The van der Waals surface area contributed by atoms with E-state index in [0.29, 0.717) is 6.42 Å². The molecule has 4 unspecified atom stereocenters. The summed E-state index contributed by atoms with van der Waals surface area (Å²) in [6, 6.07) is -1.15. The lowest BCUT2D eigenvalue weighted by Crippen LogP contribution is -2.67. The highest BCUT2D eigenvalue weighted by Gasteiger charge is 2.57. The lowest BCUT2D eigenvalue weighted by molar-refractivity contribution is -0.204. The van der Waals surface area contributed by atoms with Crippen LogP contribution in [-0.4, -0.2) is 116 Å². The van der Waals surface area contributed by atoms with E-state index in [4.69, 9.17) is 5.11 Å². The average molecular weight is 391 g/mol. The predicted octanol–water partition coefficient (Wildman–Crippen LogP) is -4.18. The number of rotatable bonds is 9. The number of nitrogens with zero attached hydrogens (tertiary/aromatic N) is 1. The zero-order valence-corrected chi connectivity index (χ0v) is 15.0. The molecule has 0 aromatic carbocycles. The van der Waals surface area contributed by atoms with Gasteiger partial charge in [0.15, 0.2) is 0 Å². The molecular formula is C16H29N3O8. The van der Waals surface area contributed by atoms with E-state index in [1.807, 2.05) is 0 Å². The second-order valence-corrected chi connectivity index (χ2v) is 7.13. The molecule has 6 atom stereocenters. The number of hydrogen-bond donors (Lipinski definition) is 8. The van der Waals surface area contributed by atoms with Crippen molar-refractivity contribution in [3.05, 3.63) is 0 Å². The highest BCUT2D eigenvalue weighted by Crippen LogP contribution is 2.32. The third kappa shape index (κ3) is 4.57. The maximum atomic E-state index is 12.6. The van der Waals surface area contributed by atoms with Gasteiger partial charge < -0.3 is 46.2 Å². The van der Waals surface area contributed by atoms with Crippen molar-refractivity contribution in [1.82, 2.24) is 15.5 Å². The molecule has 8 N–H and O–H groups in total. The second-order valence-electron chi connectivity index (χ2n) is 7.13. The molecule has 0 aliphatic carbocycles. The van der Waals surface area contributed by atoms with E-state index in [2.05, 4.69) is 10.6 Å². The SMILES string of the molecule is O=C(CN[C@@H]1CCNC1)N1CCC[C@@H]1C(O)(C(=O)O)C(O)C(O)C(O)CO. The van der Waals surface area contributed by atoms with Crippen LogP contribution in [0, 0.1) is 0 Å². The zero-order chi connectivity index (χ0) is 20.2. The maximum absolute atomic E-state index is 12.6. The van der Waals surface area contributed by atoms with E-state index in [1.54, 1.807) is 0 Å². The van der Waals surface area contributed by atoms with Gasteiger partial charge in [-0.15, -0.1) is 0 Å². The monoisotopic (exact) mass is 391 g/mol. The van der Waals surface area contributed by atoms with Crippen molar-refractivity contribution in [2.45, 2.75) is 55.3 Å². The topological polar surface area (TPSA) is 183 Å². The number of aliphatic hydroxyl groups is 5. The molecule has 11 heteroatoms. The van der Waals surface area contributed by atoms with Gasteiger partial charge in [-0.3, -0.25) is 4.79 Å². The first-order valence-corrected chi connectivity index (χ1v) is 9.07. The van der Waals surface area contributed by atoms with Crippen LogP contribution in [0.3, 0.4) is 0 Å². The van der Waals surface area contributed by atoms with Crippen molar-refractivity contribution in [3.8, 4) is 0 Å². The summed E-state index contributed by atoms with van der Waals surface area (Å²) in [5.41, 5.74) is -2.89. The Hall–Kier alpha value is -1.34. The zero-order valence-electron chi connectivity index (χ0n) is 15.0. The fourth-order valence-corrected chi connectivity index (χ4v) is 3.73. The molecule has 2 fully saturated rings. The minimum absolute atomic E-state index is 0.0452. The average Bonchev–Trinajstić information content (AvgIpc) is 3.35. The van der Waals surface area contributed by atoms with Gasteiger partial charge in [0.2, 0.25) is 11.5 Å². The van der Waals surface area contributed by atoms with Crippen LogP contribution in [0.2, 0.25) is 0 Å². The number of carboxylic acid groups (broad SMARTS) is 1. The van der Waals surface area contributed by atoms with E-state index in [1.165, 1.54) is 4.90 Å². The van der Waals surface area contributed by atoms with Gasteiger partial charge in [-0.05, 0) is 25.8 Å². The molecule has 2 aliphatic rings. The largest absolute Gasteiger partial charge is 0.479 e. The van der Waals surface area contributed by atoms with Gasteiger partial charge >= 0.3 is 5.97 Å². The number of amides is 1. The highest BCUT2D eigenvalue weighted by atomic mass is 16.4. The Kier molecular flexibility index (Phi) is 7.51. The van der Waals surface area contributed by atoms with Gasteiger partial charge in [0.1, 0.15) is 18.3 Å². The summed E-state index contributed by atoms with van der Waals surface area (Å²) in [5.74, 6) is -2.25. The number of carboxylic acids is 1. The van der Waals surface area contributed by atoms with Gasteiger partial charge in [0.25, 0.3) is 0 Å². The summed E-state index contributed by atoms with van der Waals surface area (Å²) in [5, 5.41) is 65.1. The molecule has 0 spiro atoms. The Balaban J connectivity index is 2.13. The number of aliphatic hydroxyl groups excluding tert-OH is 4. The lowest BCUT2D eigenvalue weighted by atomic mass is 9.82. The van der Waals surface area contributed by atoms with Crippen LogP contribution in [0.1, 0.15) is 19.3 Å². The van der Waals surface area contributed by atoms with E-state index >= 15 is 0 Å². The van der Waals surface area contributed by atoms with E-state index in [-0.39, 0.29) is 25.6 Å². The fourth-order valence-electron chi connectivity index (χ4n) is 3.73. The summed E-state index contributed by atoms with van der Waals surface area (Å²) >= 11 is 0. The summed E-state index contributed by atoms with van der Waals surface area (Å²) in [6.07, 6.45) is -4.85. The molecule has 1 amide bonds. The molecule has 2 aliphatic heterocycles. The minimum atomic E-state index is -2.89. The van der Waals surface area contributed by atoms with Crippen LogP contribution in [0.25, 0.3) is 0 Å². The first kappa shape index (κ1) is 22.0. The van der Waals surface area contributed by atoms with Crippen molar-refractivity contribution < 1.29 is 40.2 Å². The molecule has 0 aromatic rings. The van der Waals surface area contributed by atoms with Crippen LogP contribution in [-0.2, 0) is 9.59 Å². The highest BCUT2D eigenvalue weighted by molar-refractivity contribution is 5.83. The fraction of sp³-hybridized carbons (Fsp3) is 0.875. The Bertz CT molecular complexity index is 530. The molecule has 0 aromatic heterocycles. The molecule has 0 radical (unpaired) electrons. The van der Waals surface area contributed by atoms with Crippen molar-refractivity contribution in [2.24, 2.45) is 0 Å². The molecule has 0 saturated carbocycles. The lowest BCUT2D eigenvalue weighted by Gasteiger charge is -2.41. The molecule has 27 heavy (non-hydrogen) atoms. The first-order valence-electron chi connectivity index (χ1n) is 9.07. The molecule has 2 heterocycles. The predicted molar refractivity (Wildman–Crippen MR) is 91.7 cm³/mol. The van der Waals surface area contributed by atoms with Crippen LogP contribution in [0.5, 0.6) is 0 Å². The number of nitrogens with one attached hydrogen (secondary N) is 2. The molecule has 0 bridgehead atoms. The first-order chi connectivity index (χ1) is 12.7. The number of carbonyl (C=O) groups excluding carboxylic acids is 1. The second kappa shape index (κ2) is 9.24. The normalized spacial score (nSPS) is 28.6. The van der Waals surface area contributed by atoms with E-state index in [0.717, 1.165) is 19.5 Å². The molecule has 156 valence electrons. The number of hydrogen-bond acceptors (Lipinski definition) is 9. The Morgan fingerprint density at radius 3 is 2.52 bits per heavy atom. The van der Waals surface area contributed by atoms with Crippen molar-refractivity contribution >= 4 is 11.9 Å². The summed E-state index contributed by atoms with van der Waals surface area (Å²) in [4.78, 5) is 25.5. The quantitative estimate of drug-likeness (QED) is 0.192. The smallest absolute Gasteiger partial charge is 0.340 e. The van der Waals surface area contributed by atoms with Crippen LogP contribution < -0.4 is 10.6 Å². The van der Waals surface area contributed by atoms with Gasteiger partial charge in [0.05, 0.1) is 19.2 Å². The van der Waals surface area contributed by atoms with Crippen LogP contribution >= 0.6 is 0 Å². The Morgan fingerprint density at radius 2 is 1.96 bits per heavy atom. The van der Waals surface area contributed by atoms with Gasteiger partial charge in [0, 0.05) is 19.1 Å². The van der Waals surface area contributed by atoms with Gasteiger partial charge in [-0.25, -0.2) is 4.79 Å². The summed E-state index contributed by atoms with van der Waals surface area (Å²) < 4.78 is 0. The third-order valence-electron chi connectivity index (χ3n) is 5.38. The number of aliphatic carboxylic acids is 1. The standard InChI is InChI=1S/C16H29N3O8/c20-8-10(21)13(23)14(24)16(27,15(25)26)11-2-1-5-19(11)12(22)7-18-9-3-4-17-6-9/h9-11,13-14,17-18,20-21,23-24,27H,1-8H2,(H,25,26)/t9-,10?,11-,13?,14?,16?/m1/s1. The summed E-state index contributed by atoms with van der Waals surface area (Å²) in [7, 11) is 0. The number of likely N-dealkylation sites (tertiary alicyclic amines) is 1. The summed E-state index contributed by atoms with van der Waals surface area (Å²) in [6.45, 7) is 0.792. The van der Waals surface area contributed by atoms with Gasteiger partial charge in [-0.1, -0.05) is 0 Å². The molecular weight excluding hydrogens is 362 g/mol. The molecule has 2 saturated heterocycles. The third-order valence-corrected chi connectivity index (χ3v) is 5.38. The Morgan fingerprint density at radius 1 is 1.26 bits per heavy atom. The minimum Gasteiger partial charge on any atom is -0.479 e. The molecule has 2 rings (SSSR count). The molecule has 11 nitrogen and oxygen atoms in total. The van der Waals surface area contributed by atoms with E-state index in [9.17, 15) is 35.1 Å². The van der Waals surface area contributed by atoms with Crippen LogP contribution in [0.15, 0.2) is 0 Å². The number of carbonyl (C=O) groups is 2. The Labute approximate surface area is 156 Å². The van der Waals surface area contributed by atoms with Crippen LogP contribution in [0.4, 0.5) is 0 Å². The van der Waals surface area contributed by atoms with Crippen molar-refractivity contribution in [1.29, 1.82) is 0 Å².